The normalized spacial score (nSPS) is 14.6. The number of nitrogens with one attached hydrogen (secondary N) is 1. The minimum absolute atomic E-state index is 0.0422. The number of para-hydroxylation sites is 2. The molecule has 1 aliphatic heterocycles. The van der Waals surface area contributed by atoms with Crippen LogP contribution in [0.5, 0.6) is 11.5 Å². The Kier molecular flexibility index (Phi) is 15.8. The van der Waals surface area contributed by atoms with Gasteiger partial charge < -0.3 is 19.5 Å². The third-order valence-corrected chi connectivity index (χ3v) is 14.4. The lowest BCUT2D eigenvalue weighted by Gasteiger charge is -2.31. The number of hydrazone groups is 1. The number of ketones is 1. The molecule has 8 rings (SSSR count). The van der Waals surface area contributed by atoms with Gasteiger partial charge in [-0.1, -0.05) is 151 Å². The third-order valence-electron chi connectivity index (χ3n) is 14.1. The quantitative estimate of drug-likeness (QED) is 0.0780. The molecule has 1 aliphatic rings. The van der Waals surface area contributed by atoms with Gasteiger partial charge in [-0.25, -0.2) is 4.79 Å². The van der Waals surface area contributed by atoms with Gasteiger partial charge in [-0.2, -0.15) is 10.1 Å². The van der Waals surface area contributed by atoms with E-state index in [1.165, 1.54) is 10.6 Å². The minimum Gasteiger partial charge on any atom is -0.480 e. The zero-order valence-corrected chi connectivity index (χ0v) is 44.2. The smallest absolute Gasteiger partial charge is 0.437 e. The first-order valence-electron chi connectivity index (χ1n) is 25.3. The molecule has 0 spiro atoms. The summed E-state index contributed by atoms with van der Waals surface area (Å²) in [4.78, 5) is 56.7. The highest BCUT2D eigenvalue weighted by Gasteiger charge is 2.41. The Bertz CT molecular complexity index is 3240. The lowest BCUT2D eigenvalue weighted by molar-refractivity contribution is -0.123. The van der Waals surface area contributed by atoms with Gasteiger partial charge in [0.2, 0.25) is 6.10 Å². The van der Waals surface area contributed by atoms with Crippen molar-refractivity contribution in [2.75, 3.05) is 10.3 Å². The van der Waals surface area contributed by atoms with E-state index in [2.05, 4.69) is 69.3 Å². The third kappa shape index (κ3) is 11.3. The number of carbonyl (C=O) groups is 4. The first-order chi connectivity index (χ1) is 35.4. The average Bonchev–Trinajstić information content (AvgIpc) is 3.98. The predicted octanol–water partition coefficient (Wildman–Crippen LogP) is 13.3. The number of anilines is 2. The first kappa shape index (κ1) is 52.7. The van der Waals surface area contributed by atoms with E-state index in [1.54, 1.807) is 72.8 Å². The van der Waals surface area contributed by atoms with Crippen molar-refractivity contribution in [1.82, 2.24) is 15.0 Å². The maximum atomic E-state index is 15.0. The summed E-state index contributed by atoms with van der Waals surface area (Å²) in [7, 11) is 0. The van der Waals surface area contributed by atoms with Crippen molar-refractivity contribution in [2.45, 2.75) is 124 Å². The first-order valence-corrected chi connectivity index (χ1v) is 25.6. The average molecular weight is 1020 g/mol. The van der Waals surface area contributed by atoms with Crippen LogP contribution in [0.4, 0.5) is 16.2 Å². The number of hydrogen-bond acceptors (Lipinski definition) is 10. The van der Waals surface area contributed by atoms with Gasteiger partial charge in [-0.3, -0.25) is 14.4 Å². The van der Waals surface area contributed by atoms with E-state index in [0.717, 1.165) is 34.2 Å². The molecule has 2 amide bonds. The Morgan fingerprint density at radius 3 is 2.18 bits per heavy atom. The van der Waals surface area contributed by atoms with E-state index in [9.17, 15) is 19.2 Å². The molecule has 1 aromatic heterocycles. The molecule has 7 aromatic rings. The largest absolute Gasteiger partial charge is 0.480 e. The number of ether oxygens (including phenoxy) is 3. The summed E-state index contributed by atoms with van der Waals surface area (Å²) in [5.74, 6) is -0.130. The SMILES string of the molecule is CCC(Oc1ccc(C(C)(C)CC)cc1C(C)(C)CC)C(=O)Nc1ccccc1N1N=C(c2ccc(Cl)cc2)C(Oc2ccc(C)cc2C(CC)OC(=O)n2nnc3ccc(C(=O)Cc4ccccc4)cc32)C1=O. The van der Waals surface area contributed by atoms with E-state index < -0.39 is 30.3 Å². The van der Waals surface area contributed by atoms with Gasteiger partial charge in [0.25, 0.3) is 11.8 Å². The Morgan fingerprint density at radius 1 is 0.770 bits per heavy atom. The van der Waals surface area contributed by atoms with Crippen LogP contribution in [0, 0.1) is 6.92 Å². The summed E-state index contributed by atoms with van der Waals surface area (Å²) < 4.78 is 20.6. The molecule has 74 heavy (non-hydrogen) atoms. The highest BCUT2D eigenvalue weighted by Crippen LogP contribution is 2.40. The number of aryl methyl sites for hydroxylation is 1. The summed E-state index contributed by atoms with van der Waals surface area (Å²) in [5.41, 5.74) is 6.81. The molecule has 0 bridgehead atoms. The standard InChI is InChI=1S/C60H63ClN6O7/c1-10-50(74-58(71)67-48-35-40(26-30-46(48)63-65-67)49(68)34-38-19-15-14-16-20-38)43-33-37(5)23-31-52(43)73-55-54(39-24-28-42(61)29-25-39)64-66(57(55)70)47-22-18-17-21-45(47)62-56(69)51(11-2)72-53-32-27-41(59(6,7)12-3)36-44(53)60(8,9)13-4/h14-33,35-36,50-51,55H,10-13,34H2,1-9H3,(H,62,69). The summed E-state index contributed by atoms with van der Waals surface area (Å²) >= 11 is 6.35. The molecule has 0 saturated carbocycles. The van der Waals surface area contributed by atoms with Crippen LogP contribution in [0.15, 0.2) is 139 Å². The summed E-state index contributed by atoms with van der Waals surface area (Å²) in [6, 6.07) is 39.9. The highest BCUT2D eigenvalue weighted by molar-refractivity contribution is 6.31. The number of halogens is 1. The molecule has 0 saturated heterocycles. The number of rotatable bonds is 19. The van der Waals surface area contributed by atoms with Gasteiger partial charge >= 0.3 is 6.09 Å². The number of benzene rings is 6. The molecule has 0 fully saturated rings. The number of hydrogen-bond donors (Lipinski definition) is 1. The minimum atomic E-state index is -1.30. The maximum Gasteiger partial charge on any atom is 0.437 e. The van der Waals surface area contributed by atoms with Crippen LogP contribution in [0.1, 0.15) is 131 Å². The molecule has 2 heterocycles. The lowest BCUT2D eigenvalue weighted by Crippen LogP contribution is -2.38. The van der Waals surface area contributed by atoms with Gasteiger partial charge in [0.1, 0.15) is 34.3 Å². The molecule has 14 heteroatoms. The molecule has 3 unspecified atom stereocenters. The van der Waals surface area contributed by atoms with E-state index in [0.29, 0.717) is 62.7 Å². The number of Topliss-reactive ketones (excluding diaryl/α,β-unsaturated/α-hetero) is 1. The molecular formula is C60H63ClN6O7. The predicted molar refractivity (Wildman–Crippen MR) is 291 cm³/mol. The van der Waals surface area contributed by atoms with Crippen LogP contribution in [0.2, 0.25) is 5.02 Å². The van der Waals surface area contributed by atoms with Crippen molar-refractivity contribution in [1.29, 1.82) is 0 Å². The summed E-state index contributed by atoms with van der Waals surface area (Å²) in [6.07, 6.45) is -1.16. The Balaban J connectivity index is 1.06. The zero-order chi connectivity index (χ0) is 52.9. The number of carbonyl (C=O) groups excluding carboxylic acids is 4. The van der Waals surface area contributed by atoms with Crippen LogP contribution in [0.3, 0.4) is 0 Å². The molecule has 1 N–H and O–H groups in total. The van der Waals surface area contributed by atoms with Crippen LogP contribution in [-0.4, -0.2) is 56.6 Å². The second kappa shape index (κ2) is 22.2. The van der Waals surface area contributed by atoms with Crippen molar-refractivity contribution in [3.8, 4) is 11.5 Å². The molecule has 6 aromatic carbocycles. The Morgan fingerprint density at radius 2 is 1.47 bits per heavy atom. The zero-order valence-electron chi connectivity index (χ0n) is 43.4. The molecule has 0 aliphatic carbocycles. The van der Waals surface area contributed by atoms with Crippen molar-refractivity contribution in [2.24, 2.45) is 5.10 Å². The number of fused-ring (bicyclic) bond motifs is 1. The van der Waals surface area contributed by atoms with Gasteiger partial charge in [0, 0.05) is 33.7 Å². The highest BCUT2D eigenvalue weighted by atomic mass is 35.5. The van der Waals surface area contributed by atoms with E-state index in [1.807, 2.05) is 69.3 Å². The fourth-order valence-corrected chi connectivity index (χ4v) is 8.90. The van der Waals surface area contributed by atoms with Gasteiger partial charge in [0.15, 0.2) is 11.9 Å². The Hall–Kier alpha value is -7.64. The summed E-state index contributed by atoms with van der Waals surface area (Å²) in [5, 5.41) is 18.0. The van der Waals surface area contributed by atoms with Crippen LogP contribution < -0.4 is 19.8 Å². The number of nitrogens with zero attached hydrogens (tertiary/aromatic N) is 5. The number of amides is 2. The fourth-order valence-electron chi connectivity index (χ4n) is 8.78. The Labute approximate surface area is 437 Å². The van der Waals surface area contributed by atoms with Crippen molar-refractivity contribution >= 4 is 63.4 Å². The molecule has 13 nitrogen and oxygen atoms in total. The van der Waals surface area contributed by atoms with Crippen molar-refractivity contribution in [3.05, 3.63) is 177 Å². The number of aromatic nitrogens is 3. The monoisotopic (exact) mass is 1010 g/mol. The fraction of sp³-hybridized carbons (Fsp3) is 0.317. The van der Waals surface area contributed by atoms with E-state index >= 15 is 0 Å². The van der Waals surface area contributed by atoms with Crippen molar-refractivity contribution in [3.63, 3.8) is 0 Å². The summed E-state index contributed by atoms with van der Waals surface area (Å²) in [6.45, 7) is 18.8. The van der Waals surface area contributed by atoms with Gasteiger partial charge in [0.05, 0.1) is 11.4 Å². The molecular weight excluding hydrogens is 952 g/mol. The molecule has 3 atom stereocenters. The molecule has 382 valence electrons. The van der Waals surface area contributed by atoms with E-state index in [4.69, 9.17) is 30.9 Å². The second-order valence-electron chi connectivity index (χ2n) is 20.0. The van der Waals surface area contributed by atoms with Crippen LogP contribution in [-0.2, 0) is 31.6 Å². The van der Waals surface area contributed by atoms with Crippen LogP contribution in [0.25, 0.3) is 11.0 Å². The van der Waals surface area contributed by atoms with Crippen LogP contribution >= 0.6 is 11.6 Å². The van der Waals surface area contributed by atoms with Gasteiger partial charge in [-0.15, -0.1) is 9.78 Å². The van der Waals surface area contributed by atoms with E-state index in [-0.39, 0.29) is 40.4 Å². The topological polar surface area (TPSA) is 154 Å². The maximum absolute atomic E-state index is 15.0. The van der Waals surface area contributed by atoms with Crippen molar-refractivity contribution < 1.29 is 33.4 Å². The van der Waals surface area contributed by atoms with Gasteiger partial charge in [-0.05, 0) is 115 Å². The second-order valence-corrected chi connectivity index (χ2v) is 20.4. The lowest BCUT2D eigenvalue weighted by atomic mass is 9.76. The molecule has 0 radical (unpaired) electrons.